The molecule has 21 heavy (non-hydrogen) atoms. The van der Waals surface area contributed by atoms with E-state index in [4.69, 9.17) is 5.73 Å². The minimum absolute atomic E-state index is 0.0175. The van der Waals surface area contributed by atoms with Crippen LogP contribution in [0.4, 0.5) is 0 Å². The zero-order valence-corrected chi connectivity index (χ0v) is 13.6. The number of nitrogens with two attached hydrogens (primary N) is 1. The molecule has 4 bridgehead atoms. The number of carbonyl (C=O) groups is 1. The summed E-state index contributed by atoms with van der Waals surface area (Å²) in [5.41, 5.74) is 6.41. The normalized spacial score (nSPS) is 51.7. The van der Waals surface area contributed by atoms with E-state index in [1.807, 2.05) is 0 Å². The van der Waals surface area contributed by atoms with Gasteiger partial charge in [0.25, 0.3) is 0 Å². The molecule has 5 fully saturated rings. The van der Waals surface area contributed by atoms with Crippen LogP contribution in [-0.4, -0.2) is 29.9 Å². The van der Waals surface area contributed by atoms with Crippen LogP contribution in [0.15, 0.2) is 0 Å². The lowest BCUT2D eigenvalue weighted by molar-refractivity contribution is -0.167. The molecule has 1 heterocycles. The predicted octanol–water partition coefficient (Wildman–Crippen LogP) is 2.79. The highest BCUT2D eigenvalue weighted by Crippen LogP contribution is 2.65. The van der Waals surface area contributed by atoms with E-state index in [2.05, 4.69) is 18.7 Å². The van der Waals surface area contributed by atoms with Gasteiger partial charge < -0.3 is 10.6 Å². The molecule has 1 aliphatic heterocycles. The van der Waals surface area contributed by atoms with Crippen LogP contribution >= 0.6 is 0 Å². The molecule has 3 heteroatoms. The highest BCUT2D eigenvalue weighted by atomic mass is 16.2. The Morgan fingerprint density at radius 1 is 1.24 bits per heavy atom. The Bertz CT molecular complexity index is 446. The molecular formula is C18H30N2O. The van der Waals surface area contributed by atoms with Crippen molar-refractivity contribution in [3.05, 3.63) is 0 Å². The summed E-state index contributed by atoms with van der Waals surface area (Å²) in [7, 11) is 0. The second-order valence-corrected chi connectivity index (χ2v) is 9.12. The molecule has 3 nitrogen and oxygen atoms in total. The summed E-state index contributed by atoms with van der Waals surface area (Å²) in [6, 6.07) is 0.290. The number of amides is 1. The van der Waals surface area contributed by atoms with Gasteiger partial charge in [-0.05, 0) is 68.1 Å². The number of nitrogens with zero attached hydrogens (tertiary/aromatic N) is 1. The van der Waals surface area contributed by atoms with Crippen molar-refractivity contribution in [2.45, 2.75) is 64.8 Å². The Labute approximate surface area is 128 Å². The zero-order chi connectivity index (χ0) is 14.8. The molecule has 2 N–H and O–H groups in total. The third-order valence-electron chi connectivity index (χ3n) is 7.19. The monoisotopic (exact) mass is 290 g/mol. The molecule has 0 radical (unpaired) electrons. The van der Waals surface area contributed by atoms with E-state index in [9.17, 15) is 4.79 Å². The number of likely N-dealkylation sites (tertiary alicyclic amines) is 1. The Morgan fingerprint density at radius 2 is 1.90 bits per heavy atom. The molecule has 5 rings (SSSR count). The Morgan fingerprint density at radius 3 is 2.48 bits per heavy atom. The van der Waals surface area contributed by atoms with Crippen molar-refractivity contribution in [3.63, 3.8) is 0 Å². The lowest BCUT2D eigenvalue weighted by atomic mass is 9.44. The van der Waals surface area contributed by atoms with E-state index >= 15 is 0 Å². The standard InChI is InChI=1S/C18H30N2O/c1-12-3-4-20(15(12)10-19)16(21)18-8-13-5-14(9-18)7-17(2,6-13)11-18/h12-15H,3-11,19H2,1-2H3. The fourth-order valence-corrected chi connectivity index (χ4v) is 6.90. The van der Waals surface area contributed by atoms with Crippen LogP contribution in [0, 0.1) is 28.6 Å². The van der Waals surface area contributed by atoms with Crippen LogP contribution in [0.5, 0.6) is 0 Å². The van der Waals surface area contributed by atoms with Crippen molar-refractivity contribution in [1.29, 1.82) is 0 Å². The Kier molecular flexibility index (Phi) is 2.99. The zero-order valence-electron chi connectivity index (χ0n) is 13.6. The quantitative estimate of drug-likeness (QED) is 0.850. The number of rotatable bonds is 2. The first-order valence-corrected chi connectivity index (χ1v) is 8.96. The number of hydrogen-bond donors (Lipinski definition) is 1. The van der Waals surface area contributed by atoms with Crippen LogP contribution in [0.3, 0.4) is 0 Å². The van der Waals surface area contributed by atoms with Crippen molar-refractivity contribution in [2.24, 2.45) is 34.3 Å². The molecule has 0 aromatic carbocycles. The largest absolute Gasteiger partial charge is 0.338 e. The average molecular weight is 290 g/mol. The highest BCUT2D eigenvalue weighted by Gasteiger charge is 2.60. The molecule has 118 valence electrons. The van der Waals surface area contributed by atoms with Crippen molar-refractivity contribution < 1.29 is 4.79 Å². The minimum atomic E-state index is -0.0175. The summed E-state index contributed by atoms with van der Waals surface area (Å²) in [6.07, 6.45) is 8.74. The smallest absolute Gasteiger partial charge is 0.229 e. The van der Waals surface area contributed by atoms with Crippen molar-refractivity contribution >= 4 is 5.91 Å². The molecule has 4 saturated carbocycles. The molecule has 0 aromatic rings. The maximum Gasteiger partial charge on any atom is 0.229 e. The van der Waals surface area contributed by atoms with Crippen LogP contribution in [0.1, 0.15) is 58.8 Å². The molecule has 0 aromatic heterocycles. The van der Waals surface area contributed by atoms with Crippen LogP contribution in [0.2, 0.25) is 0 Å². The van der Waals surface area contributed by atoms with Gasteiger partial charge in [-0.15, -0.1) is 0 Å². The van der Waals surface area contributed by atoms with E-state index in [-0.39, 0.29) is 5.41 Å². The molecule has 1 saturated heterocycles. The third kappa shape index (κ3) is 1.99. The second-order valence-electron chi connectivity index (χ2n) is 9.12. The van der Waals surface area contributed by atoms with Gasteiger partial charge in [-0.1, -0.05) is 13.8 Å². The lowest BCUT2D eigenvalue weighted by Crippen LogP contribution is -2.58. The minimum Gasteiger partial charge on any atom is -0.338 e. The van der Waals surface area contributed by atoms with E-state index < -0.39 is 0 Å². The van der Waals surface area contributed by atoms with E-state index in [1.165, 1.54) is 32.1 Å². The predicted molar refractivity (Wildman–Crippen MR) is 83.6 cm³/mol. The maximum atomic E-state index is 13.4. The summed E-state index contributed by atoms with van der Waals surface area (Å²) >= 11 is 0. The van der Waals surface area contributed by atoms with Crippen LogP contribution in [0.25, 0.3) is 0 Å². The summed E-state index contributed by atoms with van der Waals surface area (Å²) < 4.78 is 0. The summed E-state index contributed by atoms with van der Waals surface area (Å²) in [5.74, 6) is 2.68. The molecular weight excluding hydrogens is 260 g/mol. The fraction of sp³-hybridized carbons (Fsp3) is 0.944. The molecule has 5 aliphatic rings. The van der Waals surface area contributed by atoms with Crippen LogP contribution in [-0.2, 0) is 4.79 Å². The van der Waals surface area contributed by atoms with E-state index in [0.29, 0.717) is 29.8 Å². The SMILES string of the molecule is CC1CCN(C(=O)C23CC4CC(CC(C)(C4)C2)C3)C1CN. The molecule has 0 spiro atoms. The summed E-state index contributed by atoms with van der Waals surface area (Å²) in [6.45, 7) is 6.27. The Balaban J connectivity index is 1.62. The number of hydrogen-bond acceptors (Lipinski definition) is 2. The van der Waals surface area contributed by atoms with Crippen LogP contribution < -0.4 is 5.73 Å². The van der Waals surface area contributed by atoms with Gasteiger partial charge in [0, 0.05) is 19.1 Å². The first kappa shape index (κ1) is 14.0. The fourth-order valence-electron chi connectivity index (χ4n) is 6.90. The molecule has 4 atom stereocenters. The topological polar surface area (TPSA) is 46.3 Å². The third-order valence-corrected chi connectivity index (χ3v) is 7.19. The van der Waals surface area contributed by atoms with Gasteiger partial charge in [-0.2, -0.15) is 0 Å². The summed E-state index contributed by atoms with van der Waals surface area (Å²) in [5, 5.41) is 0. The van der Waals surface area contributed by atoms with Gasteiger partial charge in [-0.3, -0.25) is 4.79 Å². The first-order chi connectivity index (χ1) is 9.95. The van der Waals surface area contributed by atoms with Gasteiger partial charge in [0.15, 0.2) is 0 Å². The first-order valence-electron chi connectivity index (χ1n) is 8.96. The van der Waals surface area contributed by atoms with Gasteiger partial charge in [0.05, 0.1) is 5.41 Å². The van der Waals surface area contributed by atoms with Gasteiger partial charge >= 0.3 is 0 Å². The highest BCUT2D eigenvalue weighted by molar-refractivity contribution is 5.84. The number of carbonyl (C=O) groups excluding carboxylic acids is 1. The summed E-state index contributed by atoms with van der Waals surface area (Å²) in [4.78, 5) is 15.6. The van der Waals surface area contributed by atoms with Gasteiger partial charge in [0.1, 0.15) is 0 Å². The Hall–Kier alpha value is -0.570. The van der Waals surface area contributed by atoms with E-state index in [1.54, 1.807) is 0 Å². The van der Waals surface area contributed by atoms with Crippen molar-refractivity contribution in [3.8, 4) is 0 Å². The van der Waals surface area contributed by atoms with Crippen molar-refractivity contribution in [2.75, 3.05) is 13.1 Å². The molecule has 4 unspecified atom stereocenters. The average Bonchev–Trinajstić information content (AvgIpc) is 2.75. The van der Waals surface area contributed by atoms with Gasteiger partial charge in [0.2, 0.25) is 5.91 Å². The maximum absolute atomic E-state index is 13.4. The molecule has 4 aliphatic carbocycles. The molecule has 1 amide bonds. The van der Waals surface area contributed by atoms with E-state index in [0.717, 1.165) is 31.2 Å². The lowest BCUT2D eigenvalue weighted by Gasteiger charge is -2.61. The second kappa shape index (κ2) is 4.47. The van der Waals surface area contributed by atoms with Gasteiger partial charge in [-0.25, -0.2) is 0 Å². The van der Waals surface area contributed by atoms with Crippen molar-refractivity contribution in [1.82, 2.24) is 4.90 Å².